The number of carbonyl (C=O) groups is 1. The van der Waals surface area contributed by atoms with Crippen molar-refractivity contribution in [2.24, 2.45) is 5.92 Å². The van der Waals surface area contributed by atoms with Crippen LogP contribution in [0.2, 0.25) is 0 Å². The Morgan fingerprint density at radius 1 is 1.20 bits per heavy atom. The summed E-state index contributed by atoms with van der Waals surface area (Å²) in [5, 5.41) is 12.2. The van der Waals surface area contributed by atoms with Gasteiger partial charge in [0, 0.05) is 30.3 Å². The number of hydrogen-bond acceptors (Lipinski definition) is 5. The highest BCUT2D eigenvalue weighted by molar-refractivity contribution is 5.80. The van der Waals surface area contributed by atoms with Crippen molar-refractivity contribution in [3.05, 3.63) is 59.4 Å². The molecule has 0 bridgehead atoms. The van der Waals surface area contributed by atoms with E-state index in [1.165, 1.54) is 0 Å². The van der Waals surface area contributed by atoms with Crippen LogP contribution in [-0.4, -0.2) is 43.1 Å². The maximum atomic E-state index is 13.2. The largest absolute Gasteiger partial charge is 0.373 e. The normalized spacial score (nSPS) is 23.3. The molecular formula is C22H26N6O2. The van der Waals surface area contributed by atoms with Gasteiger partial charge in [0.1, 0.15) is 12.2 Å². The molecule has 30 heavy (non-hydrogen) atoms. The average molecular weight is 406 g/mol. The molecule has 8 nitrogen and oxygen atoms in total. The van der Waals surface area contributed by atoms with Crippen molar-refractivity contribution in [2.45, 2.75) is 51.8 Å². The van der Waals surface area contributed by atoms with Crippen molar-refractivity contribution in [3.63, 3.8) is 0 Å². The van der Waals surface area contributed by atoms with E-state index in [0.29, 0.717) is 19.6 Å². The van der Waals surface area contributed by atoms with Crippen LogP contribution in [0.25, 0.3) is 5.69 Å². The second-order valence-corrected chi connectivity index (χ2v) is 8.12. The SMILES string of the molecule is Cc1nn(-c2ccccc2)c(C)c1[C@H]1OCC[C@@H]1C(=O)N[C@H]1CCc2ncnn2C1. The first kappa shape index (κ1) is 19.0. The first-order chi connectivity index (χ1) is 14.6. The number of amides is 1. The van der Waals surface area contributed by atoms with Crippen LogP contribution in [0, 0.1) is 19.8 Å². The van der Waals surface area contributed by atoms with Crippen molar-refractivity contribution in [3.8, 4) is 5.69 Å². The van der Waals surface area contributed by atoms with Crippen molar-refractivity contribution in [1.29, 1.82) is 0 Å². The molecule has 0 aliphatic carbocycles. The Bertz CT molecular complexity index is 1060. The summed E-state index contributed by atoms with van der Waals surface area (Å²) in [4.78, 5) is 17.4. The summed E-state index contributed by atoms with van der Waals surface area (Å²) in [5.74, 6) is 0.826. The van der Waals surface area contributed by atoms with E-state index < -0.39 is 0 Å². The first-order valence-electron chi connectivity index (χ1n) is 10.5. The smallest absolute Gasteiger partial charge is 0.226 e. The zero-order valence-electron chi connectivity index (χ0n) is 17.3. The predicted molar refractivity (Wildman–Crippen MR) is 110 cm³/mol. The molecule has 1 amide bonds. The molecular weight excluding hydrogens is 380 g/mol. The van der Waals surface area contributed by atoms with E-state index in [1.807, 2.05) is 53.5 Å². The van der Waals surface area contributed by atoms with E-state index >= 15 is 0 Å². The highest BCUT2D eigenvalue weighted by atomic mass is 16.5. The molecule has 3 aromatic rings. The zero-order valence-corrected chi connectivity index (χ0v) is 17.3. The van der Waals surface area contributed by atoms with Gasteiger partial charge in [0.05, 0.1) is 29.9 Å². The molecule has 0 saturated carbocycles. The van der Waals surface area contributed by atoms with Crippen molar-refractivity contribution >= 4 is 5.91 Å². The topological polar surface area (TPSA) is 86.9 Å². The van der Waals surface area contributed by atoms with E-state index in [2.05, 4.69) is 15.4 Å². The number of aryl methyl sites for hydroxylation is 2. The zero-order chi connectivity index (χ0) is 20.7. The third-order valence-electron chi connectivity index (χ3n) is 6.21. The number of nitrogens with zero attached hydrogens (tertiary/aromatic N) is 5. The molecule has 0 radical (unpaired) electrons. The van der Waals surface area contributed by atoms with Crippen LogP contribution in [0.3, 0.4) is 0 Å². The van der Waals surface area contributed by atoms with Gasteiger partial charge in [0.15, 0.2) is 0 Å². The molecule has 8 heteroatoms. The van der Waals surface area contributed by atoms with E-state index in [4.69, 9.17) is 9.84 Å². The number of fused-ring (bicyclic) bond motifs is 1. The third kappa shape index (κ3) is 3.31. The Morgan fingerprint density at radius 2 is 2.03 bits per heavy atom. The van der Waals surface area contributed by atoms with Crippen LogP contribution >= 0.6 is 0 Å². The Kier molecular flexibility index (Phi) is 4.86. The van der Waals surface area contributed by atoms with Crippen LogP contribution in [-0.2, 0) is 22.5 Å². The molecule has 1 fully saturated rings. The summed E-state index contributed by atoms with van der Waals surface area (Å²) in [5.41, 5.74) is 3.97. The summed E-state index contributed by atoms with van der Waals surface area (Å²) in [6.07, 6.45) is 3.74. The Morgan fingerprint density at radius 3 is 2.87 bits per heavy atom. The maximum absolute atomic E-state index is 13.2. The summed E-state index contributed by atoms with van der Waals surface area (Å²) < 4.78 is 9.90. The number of hydrogen-bond donors (Lipinski definition) is 1. The highest BCUT2D eigenvalue weighted by Gasteiger charge is 2.39. The molecule has 156 valence electrons. The number of aromatic nitrogens is 5. The second kappa shape index (κ2) is 7.68. The van der Waals surface area contributed by atoms with Gasteiger partial charge >= 0.3 is 0 Å². The van der Waals surface area contributed by atoms with Crippen LogP contribution < -0.4 is 5.32 Å². The van der Waals surface area contributed by atoms with Gasteiger partial charge in [-0.25, -0.2) is 14.3 Å². The molecule has 2 aliphatic heterocycles. The number of para-hydroxylation sites is 1. The predicted octanol–water partition coefficient (Wildman–Crippen LogP) is 2.29. The van der Waals surface area contributed by atoms with Crippen LogP contribution in [0.1, 0.15) is 41.7 Å². The fourth-order valence-corrected chi connectivity index (χ4v) is 4.69. The highest BCUT2D eigenvalue weighted by Crippen LogP contribution is 2.38. The lowest BCUT2D eigenvalue weighted by Crippen LogP contribution is -2.44. The molecule has 4 heterocycles. The monoisotopic (exact) mass is 406 g/mol. The van der Waals surface area contributed by atoms with Gasteiger partial charge in [-0.3, -0.25) is 4.79 Å². The van der Waals surface area contributed by atoms with E-state index in [-0.39, 0.29) is 24.0 Å². The minimum Gasteiger partial charge on any atom is -0.373 e. The molecule has 1 N–H and O–H groups in total. The maximum Gasteiger partial charge on any atom is 0.226 e. The van der Waals surface area contributed by atoms with Gasteiger partial charge in [-0.1, -0.05) is 18.2 Å². The summed E-state index contributed by atoms with van der Waals surface area (Å²) in [6.45, 7) is 5.29. The molecule has 1 saturated heterocycles. The van der Waals surface area contributed by atoms with E-state index in [1.54, 1.807) is 6.33 Å². The molecule has 1 aromatic carbocycles. The Balaban J connectivity index is 1.35. The van der Waals surface area contributed by atoms with Gasteiger partial charge in [0.2, 0.25) is 5.91 Å². The molecule has 2 aliphatic rings. The molecule has 2 aromatic heterocycles. The molecule has 5 rings (SSSR count). The number of benzene rings is 1. The van der Waals surface area contributed by atoms with Crippen LogP contribution in [0.4, 0.5) is 0 Å². The summed E-state index contributed by atoms with van der Waals surface area (Å²) in [6, 6.07) is 10.1. The number of carbonyl (C=O) groups excluding carboxylic acids is 1. The number of rotatable bonds is 4. The Hall–Kier alpha value is -3.00. The minimum atomic E-state index is -0.270. The van der Waals surface area contributed by atoms with Crippen molar-refractivity contribution in [1.82, 2.24) is 29.9 Å². The molecule has 3 atom stereocenters. The number of ether oxygens (including phenoxy) is 1. The fourth-order valence-electron chi connectivity index (χ4n) is 4.69. The third-order valence-corrected chi connectivity index (χ3v) is 6.21. The van der Waals surface area contributed by atoms with Gasteiger partial charge < -0.3 is 10.1 Å². The lowest BCUT2D eigenvalue weighted by molar-refractivity contribution is -0.127. The lowest BCUT2D eigenvalue weighted by Gasteiger charge is -2.26. The minimum absolute atomic E-state index is 0.0531. The lowest BCUT2D eigenvalue weighted by atomic mass is 9.92. The quantitative estimate of drug-likeness (QED) is 0.718. The van der Waals surface area contributed by atoms with Crippen molar-refractivity contribution < 1.29 is 9.53 Å². The van der Waals surface area contributed by atoms with Crippen LogP contribution in [0.5, 0.6) is 0 Å². The first-order valence-corrected chi connectivity index (χ1v) is 10.5. The molecule has 0 spiro atoms. The summed E-state index contributed by atoms with van der Waals surface area (Å²) in [7, 11) is 0. The standard InChI is InChI=1S/C22H26N6O2/c1-14-20(15(2)28(26-14)17-6-4-3-5-7-17)21-18(10-11-30-21)22(29)25-16-8-9-19-23-13-24-27(19)12-16/h3-7,13,16,18,21H,8-12H2,1-2H3,(H,25,29)/t16-,18-,21-/m0/s1. The average Bonchev–Trinajstić information content (AvgIpc) is 3.47. The number of nitrogens with one attached hydrogen (secondary N) is 1. The second-order valence-electron chi connectivity index (χ2n) is 8.12. The van der Waals surface area contributed by atoms with Crippen molar-refractivity contribution in [2.75, 3.05) is 6.61 Å². The van der Waals surface area contributed by atoms with E-state index in [9.17, 15) is 4.79 Å². The van der Waals surface area contributed by atoms with Gasteiger partial charge in [0.25, 0.3) is 0 Å². The summed E-state index contributed by atoms with van der Waals surface area (Å²) >= 11 is 0. The van der Waals surface area contributed by atoms with Gasteiger partial charge in [-0.15, -0.1) is 0 Å². The van der Waals surface area contributed by atoms with E-state index in [0.717, 1.165) is 41.3 Å². The molecule has 0 unspecified atom stereocenters. The Labute approximate surface area is 175 Å². The van der Waals surface area contributed by atoms with Gasteiger partial charge in [-0.2, -0.15) is 10.2 Å². The van der Waals surface area contributed by atoms with Gasteiger partial charge in [-0.05, 0) is 38.8 Å². The van der Waals surface area contributed by atoms with Crippen LogP contribution in [0.15, 0.2) is 36.7 Å². The fraction of sp³-hybridized carbons (Fsp3) is 0.455.